The highest BCUT2D eigenvalue weighted by Gasteiger charge is 2.24. The highest BCUT2D eigenvalue weighted by atomic mass is 79.9. The number of anilines is 1. The van der Waals surface area contributed by atoms with Crippen LogP contribution in [0.15, 0.2) is 34.8 Å². The van der Waals surface area contributed by atoms with Crippen LogP contribution in [0.3, 0.4) is 0 Å². The molecule has 2 aromatic carbocycles. The van der Waals surface area contributed by atoms with E-state index in [-0.39, 0.29) is 11.7 Å². The smallest absolute Gasteiger partial charge is 0.256 e. The molecule has 6 heteroatoms. The van der Waals surface area contributed by atoms with Crippen LogP contribution in [-0.2, 0) is 4.79 Å². The number of amides is 1. The summed E-state index contributed by atoms with van der Waals surface area (Å²) in [6, 6.07) is 8.60. The van der Waals surface area contributed by atoms with Crippen LogP contribution >= 0.6 is 27.5 Å². The van der Waals surface area contributed by atoms with Crippen LogP contribution in [0.5, 0.6) is 11.5 Å². The summed E-state index contributed by atoms with van der Waals surface area (Å²) >= 11 is 9.27. The first kappa shape index (κ1) is 14.9. The molecule has 22 heavy (non-hydrogen) atoms. The summed E-state index contributed by atoms with van der Waals surface area (Å²) in [5.41, 5.74) is 2.71. The summed E-state index contributed by atoms with van der Waals surface area (Å²) in [6.07, 6.45) is 1.73. The van der Waals surface area contributed by atoms with Crippen LogP contribution in [0, 0.1) is 0 Å². The highest BCUT2D eigenvalue weighted by molar-refractivity contribution is 9.10. The van der Waals surface area contributed by atoms with E-state index in [9.17, 15) is 9.90 Å². The molecule has 0 bridgehead atoms. The van der Waals surface area contributed by atoms with Gasteiger partial charge < -0.3 is 15.2 Å². The Hall–Kier alpha value is -1.98. The van der Waals surface area contributed by atoms with Crippen molar-refractivity contribution in [3.63, 3.8) is 0 Å². The molecule has 0 saturated heterocycles. The number of carbonyl (C=O) groups is 1. The van der Waals surface area contributed by atoms with E-state index in [0.29, 0.717) is 20.8 Å². The Morgan fingerprint density at radius 1 is 1.32 bits per heavy atom. The second-order valence-corrected chi connectivity index (χ2v) is 6.05. The summed E-state index contributed by atoms with van der Waals surface area (Å²) < 4.78 is 5.60. The summed E-state index contributed by atoms with van der Waals surface area (Å²) in [4.78, 5) is 12.1. The van der Waals surface area contributed by atoms with Crippen LogP contribution in [0.2, 0.25) is 5.02 Å². The number of phenolic OH excluding ortho intramolecular Hbond substituents is 1. The third kappa shape index (κ3) is 2.58. The number of fused-ring (bicyclic) bond motifs is 1. The molecule has 3 rings (SSSR count). The Balaban J connectivity index is 2.12. The van der Waals surface area contributed by atoms with E-state index in [2.05, 4.69) is 21.2 Å². The third-order valence-electron chi connectivity index (χ3n) is 3.35. The maximum absolute atomic E-state index is 12.1. The molecular formula is C16H11BrClNO3. The fourth-order valence-corrected chi connectivity index (χ4v) is 2.93. The summed E-state index contributed by atoms with van der Waals surface area (Å²) in [5, 5.41) is 13.2. The number of benzene rings is 2. The minimum Gasteiger partial charge on any atom is -0.503 e. The van der Waals surface area contributed by atoms with Gasteiger partial charge in [0.05, 0.1) is 11.6 Å². The molecule has 1 aliphatic rings. The lowest BCUT2D eigenvalue weighted by molar-refractivity contribution is -0.110. The van der Waals surface area contributed by atoms with Crippen molar-refractivity contribution < 1.29 is 14.6 Å². The molecule has 4 nitrogen and oxygen atoms in total. The lowest BCUT2D eigenvalue weighted by atomic mass is 10.0. The summed E-state index contributed by atoms with van der Waals surface area (Å²) in [5.74, 6) is 0.148. The fourth-order valence-electron chi connectivity index (χ4n) is 2.30. The molecule has 2 aromatic rings. The minimum absolute atomic E-state index is 0.0176. The van der Waals surface area contributed by atoms with Gasteiger partial charge in [-0.3, -0.25) is 4.79 Å². The number of ether oxygens (including phenoxy) is 1. The molecule has 0 aromatic heterocycles. The number of carbonyl (C=O) groups excluding carboxylic acids is 1. The number of methoxy groups -OCH3 is 1. The van der Waals surface area contributed by atoms with Crippen LogP contribution in [0.4, 0.5) is 5.69 Å². The van der Waals surface area contributed by atoms with E-state index < -0.39 is 0 Å². The maximum Gasteiger partial charge on any atom is 0.256 e. The summed E-state index contributed by atoms with van der Waals surface area (Å²) in [7, 11) is 1.47. The molecule has 0 radical (unpaired) electrons. The molecule has 1 aliphatic heterocycles. The van der Waals surface area contributed by atoms with Crippen molar-refractivity contribution in [2.45, 2.75) is 0 Å². The van der Waals surface area contributed by atoms with Gasteiger partial charge in [0.25, 0.3) is 5.91 Å². The summed E-state index contributed by atoms with van der Waals surface area (Å²) in [6.45, 7) is 0. The molecule has 0 spiro atoms. The first-order valence-corrected chi connectivity index (χ1v) is 7.56. The van der Waals surface area contributed by atoms with Gasteiger partial charge in [-0.05, 0) is 57.9 Å². The van der Waals surface area contributed by atoms with E-state index in [1.165, 1.54) is 7.11 Å². The first-order chi connectivity index (χ1) is 10.5. The van der Waals surface area contributed by atoms with Crippen molar-refractivity contribution >= 4 is 50.8 Å². The Labute approximate surface area is 140 Å². The van der Waals surface area contributed by atoms with Gasteiger partial charge in [-0.1, -0.05) is 11.6 Å². The molecule has 0 unspecified atom stereocenters. The van der Waals surface area contributed by atoms with Gasteiger partial charge in [-0.15, -0.1) is 0 Å². The molecule has 1 amide bonds. The van der Waals surface area contributed by atoms with Crippen LogP contribution in [0.1, 0.15) is 11.1 Å². The quantitative estimate of drug-likeness (QED) is 0.763. The monoisotopic (exact) mass is 379 g/mol. The Kier molecular flexibility index (Phi) is 3.85. The van der Waals surface area contributed by atoms with Gasteiger partial charge in [0.2, 0.25) is 0 Å². The van der Waals surface area contributed by atoms with Crippen molar-refractivity contribution in [3.05, 3.63) is 51.0 Å². The van der Waals surface area contributed by atoms with E-state index in [0.717, 1.165) is 16.8 Å². The van der Waals surface area contributed by atoms with E-state index in [1.54, 1.807) is 36.4 Å². The molecule has 0 saturated carbocycles. The number of halogens is 2. The Morgan fingerprint density at radius 2 is 2.09 bits per heavy atom. The molecule has 112 valence electrons. The minimum atomic E-state index is -0.194. The second kappa shape index (κ2) is 5.66. The molecule has 2 N–H and O–H groups in total. The van der Waals surface area contributed by atoms with Crippen molar-refractivity contribution in [2.24, 2.45) is 0 Å². The zero-order chi connectivity index (χ0) is 15.9. The van der Waals surface area contributed by atoms with Crippen molar-refractivity contribution in [2.75, 3.05) is 12.4 Å². The highest BCUT2D eigenvalue weighted by Crippen LogP contribution is 2.38. The van der Waals surface area contributed by atoms with E-state index in [1.807, 2.05) is 0 Å². The zero-order valence-electron chi connectivity index (χ0n) is 11.5. The predicted octanol–water partition coefficient (Wildman–Crippen LogP) is 4.31. The predicted molar refractivity (Wildman–Crippen MR) is 90.3 cm³/mol. The molecular weight excluding hydrogens is 370 g/mol. The third-order valence-corrected chi connectivity index (χ3v) is 4.19. The molecule has 0 fully saturated rings. The SMILES string of the molecule is COc1cc(C=C2C(=O)Nc3ccc(Cl)cc32)cc(Br)c1O. The van der Waals surface area contributed by atoms with Crippen LogP contribution in [0.25, 0.3) is 11.6 Å². The standard InChI is InChI=1S/C16H11BrClNO3/c1-22-14-6-8(5-12(17)15(14)20)4-11-10-7-9(18)2-3-13(10)19-16(11)21/h2-7,20H,1H3,(H,19,21). The number of nitrogens with one attached hydrogen (secondary N) is 1. The van der Waals surface area contributed by atoms with Gasteiger partial charge in [0.15, 0.2) is 11.5 Å². The topological polar surface area (TPSA) is 58.6 Å². The average molecular weight is 381 g/mol. The normalized spacial score (nSPS) is 14.9. The number of phenols is 1. The van der Waals surface area contributed by atoms with Gasteiger partial charge in [-0.25, -0.2) is 0 Å². The Morgan fingerprint density at radius 3 is 2.82 bits per heavy atom. The maximum atomic E-state index is 12.1. The zero-order valence-corrected chi connectivity index (χ0v) is 13.8. The molecule has 0 aliphatic carbocycles. The fraction of sp³-hybridized carbons (Fsp3) is 0.0625. The van der Waals surface area contributed by atoms with Gasteiger partial charge >= 0.3 is 0 Å². The molecule has 0 atom stereocenters. The number of hydrogen-bond acceptors (Lipinski definition) is 3. The number of hydrogen-bond donors (Lipinski definition) is 2. The van der Waals surface area contributed by atoms with E-state index >= 15 is 0 Å². The average Bonchev–Trinajstić information content (AvgIpc) is 2.78. The van der Waals surface area contributed by atoms with Crippen LogP contribution in [-0.4, -0.2) is 18.1 Å². The largest absolute Gasteiger partial charge is 0.503 e. The van der Waals surface area contributed by atoms with Crippen molar-refractivity contribution in [3.8, 4) is 11.5 Å². The second-order valence-electron chi connectivity index (χ2n) is 4.76. The van der Waals surface area contributed by atoms with Crippen molar-refractivity contribution in [1.29, 1.82) is 0 Å². The Bertz CT molecular complexity index is 817. The van der Waals surface area contributed by atoms with Crippen LogP contribution < -0.4 is 10.1 Å². The van der Waals surface area contributed by atoms with Crippen molar-refractivity contribution in [1.82, 2.24) is 0 Å². The lowest BCUT2D eigenvalue weighted by Crippen LogP contribution is -2.03. The van der Waals surface area contributed by atoms with Gasteiger partial charge in [-0.2, -0.15) is 0 Å². The molecule has 1 heterocycles. The number of aromatic hydroxyl groups is 1. The number of rotatable bonds is 2. The van der Waals surface area contributed by atoms with Gasteiger partial charge in [0, 0.05) is 21.8 Å². The first-order valence-electron chi connectivity index (χ1n) is 6.39. The van der Waals surface area contributed by atoms with Gasteiger partial charge in [0.1, 0.15) is 0 Å². The van der Waals surface area contributed by atoms with E-state index in [4.69, 9.17) is 16.3 Å². The lowest BCUT2D eigenvalue weighted by Gasteiger charge is -2.07.